The zero-order chi connectivity index (χ0) is 16.5. The van der Waals surface area contributed by atoms with Gasteiger partial charge in [0.2, 0.25) is 5.91 Å². The van der Waals surface area contributed by atoms with Crippen molar-refractivity contribution < 1.29 is 9.18 Å². The van der Waals surface area contributed by atoms with E-state index in [2.05, 4.69) is 22.4 Å². The van der Waals surface area contributed by atoms with Gasteiger partial charge in [-0.05, 0) is 12.5 Å². The van der Waals surface area contributed by atoms with Crippen LogP contribution in [-0.4, -0.2) is 27.6 Å². The Balaban J connectivity index is 1.71. The zero-order valence-electron chi connectivity index (χ0n) is 12.8. The first-order valence-electron chi connectivity index (χ1n) is 7.28. The van der Waals surface area contributed by atoms with Gasteiger partial charge in [-0.2, -0.15) is 0 Å². The third kappa shape index (κ3) is 6.48. The van der Waals surface area contributed by atoms with Gasteiger partial charge in [-0.1, -0.05) is 66.4 Å². The first-order valence-corrected chi connectivity index (χ1v) is 10.1. The molecule has 1 aromatic carbocycles. The van der Waals surface area contributed by atoms with Gasteiger partial charge >= 0.3 is 0 Å². The average Bonchev–Trinajstić information content (AvgIpc) is 3.00. The summed E-state index contributed by atoms with van der Waals surface area (Å²) in [4.78, 5) is 11.8. The molecule has 0 unspecified atom stereocenters. The van der Waals surface area contributed by atoms with Crippen LogP contribution < -0.4 is 5.32 Å². The fourth-order valence-electron chi connectivity index (χ4n) is 1.63. The van der Waals surface area contributed by atoms with E-state index < -0.39 is 0 Å². The molecule has 8 heteroatoms. The molecular weight excluding hydrogens is 353 g/mol. The Morgan fingerprint density at radius 2 is 2.00 bits per heavy atom. The predicted octanol–water partition coefficient (Wildman–Crippen LogP) is 3.98. The van der Waals surface area contributed by atoms with E-state index in [1.807, 2.05) is 0 Å². The summed E-state index contributed by atoms with van der Waals surface area (Å²) in [7, 11) is 0. The quantitative estimate of drug-likeness (QED) is 0.534. The minimum absolute atomic E-state index is 0.145. The fourth-order valence-corrected chi connectivity index (χ4v) is 4.64. The minimum atomic E-state index is -0.307. The molecule has 0 atom stereocenters. The van der Waals surface area contributed by atoms with Gasteiger partial charge in [-0.25, -0.2) is 4.39 Å². The van der Waals surface area contributed by atoms with Crippen molar-refractivity contribution in [2.45, 2.75) is 35.0 Å². The van der Waals surface area contributed by atoms with Crippen molar-refractivity contribution in [1.82, 2.24) is 15.5 Å². The summed E-state index contributed by atoms with van der Waals surface area (Å²) in [5.41, 5.74) is 0.483. The third-order valence-electron chi connectivity index (χ3n) is 2.87. The smallest absolute Gasteiger partial charge is 0.230 e. The molecule has 0 radical (unpaired) electrons. The van der Waals surface area contributed by atoms with E-state index in [1.54, 1.807) is 30.0 Å². The Morgan fingerprint density at radius 1 is 1.26 bits per heavy atom. The van der Waals surface area contributed by atoms with E-state index in [0.29, 0.717) is 5.56 Å². The Kier molecular flexibility index (Phi) is 7.84. The summed E-state index contributed by atoms with van der Waals surface area (Å²) in [5.74, 6) is 0.841. The number of hydrogen-bond donors (Lipinski definition) is 1. The molecule has 23 heavy (non-hydrogen) atoms. The maximum atomic E-state index is 13.4. The van der Waals surface area contributed by atoms with Gasteiger partial charge in [-0.15, -0.1) is 10.2 Å². The average molecular weight is 372 g/mol. The van der Waals surface area contributed by atoms with Crippen LogP contribution in [0.2, 0.25) is 0 Å². The number of halogens is 1. The minimum Gasteiger partial charge on any atom is -0.351 e. The molecule has 1 amide bonds. The Labute approximate surface area is 147 Å². The molecule has 2 aromatic rings. The van der Waals surface area contributed by atoms with Gasteiger partial charge in [0.1, 0.15) is 5.82 Å². The van der Waals surface area contributed by atoms with Crippen LogP contribution in [0.25, 0.3) is 0 Å². The molecule has 0 spiro atoms. The molecule has 0 aliphatic carbocycles. The van der Waals surface area contributed by atoms with Gasteiger partial charge in [0.25, 0.3) is 0 Å². The van der Waals surface area contributed by atoms with Crippen molar-refractivity contribution in [3.8, 4) is 0 Å². The highest BCUT2D eigenvalue weighted by Crippen LogP contribution is 2.29. The molecule has 0 aliphatic heterocycles. The van der Waals surface area contributed by atoms with Crippen LogP contribution in [0.5, 0.6) is 0 Å². The lowest BCUT2D eigenvalue weighted by Gasteiger charge is -2.05. The van der Waals surface area contributed by atoms with Gasteiger partial charge in [0.15, 0.2) is 8.68 Å². The van der Waals surface area contributed by atoms with Crippen LogP contribution in [-0.2, 0) is 11.3 Å². The van der Waals surface area contributed by atoms with Gasteiger partial charge in [-0.3, -0.25) is 4.79 Å². The second kappa shape index (κ2) is 9.89. The fraction of sp³-hybridized carbons (Fsp3) is 0.400. The van der Waals surface area contributed by atoms with Crippen molar-refractivity contribution in [3.63, 3.8) is 0 Å². The number of nitrogens with one attached hydrogen (secondary N) is 1. The summed E-state index contributed by atoms with van der Waals surface area (Å²) in [5, 5.41) is 10.9. The molecule has 0 saturated carbocycles. The standard InChI is InChI=1S/C15H18FN3OS3/c1-2-3-8-21-14-18-19-15(23-14)22-10-13(20)17-9-11-6-4-5-7-12(11)16/h4-7H,2-3,8-10H2,1H3,(H,17,20). The topological polar surface area (TPSA) is 54.9 Å². The molecule has 2 rings (SSSR count). The van der Waals surface area contributed by atoms with Crippen LogP contribution >= 0.6 is 34.9 Å². The maximum absolute atomic E-state index is 13.4. The van der Waals surface area contributed by atoms with Gasteiger partial charge in [0.05, 0.1) is 5.75 Å². The molecule has 0 saturated heterocycles. The van der Waals surface area contributed by atoms with Crippen molar-refractivity contribution in [2.75, 3.05) is 11.5 Å². The molecule has 124 valence electrons. The van der Waals surface area contributed by atoms with E-state index in [4.69, 9.17) is 0 Å². The molecule has 1 heterocycles. The monoisotopic (exact) mass is 371 g/mol. The zero-order valence-corrected chi connectivity index (χ0v) is 15.2. The predicted molar refractivity (Wildman–Crippen MR) is 94.5 cm³/mol. The highest BCUT2D eigenvalue weighted by Gasteiger charge is 2.09. The number of rotatable bonds is 9. The highest BCUT2D eigenvalue weighted by molar-refractivity contribution is 8.03. The van der Waals surface area contributed by atoms with E-state index in [0.717, 1.165) is 27.3 Å². The first kappa shape index (κ1) is 18.2. The molecule has 0 bridgehead atoms. The van der Waals surface area contributed by atoms with E-state index in [1.165, 1.54) is 29.2 Å². The van der Waals surface area contributed by atoms with Crippen LogP contribution in [0.1, 0.15) is 25.3 Å². The molecular formula is C15H18FN3OS3. The van der Waals surface area contributed by atoms with Gasteiger partial charge in [0, 0.05) is 17.9 Å². The van der Waals surface area contributed by atoms with Crippen molar-refractivity contribution in [2.24, 2.45) is 0 Å². The lowest BCUT2D eigenvalue weighted by Crippen LogP contribution is -2.24. The number of thioether (sulfide) groups is 2. The van der Waals surface area contributed by atoms with Crippen LogP contribution in [0.15, 0.2) is 32.9 Å². The summed E-state index contributed by atoms with van der Waals surface area (Å²) >= 11 is 4.56. The lowest BCUT2D eigenvalue weighted by molar-refractivity contribution is -0.118. The highest BCUT2D eigenvalue weighted by atomic mass is 32.2. The second-order valence-electron chi connectivity index (χ2n) is 4.69. The number of aromatic nitrogens is 2. The number of benzene rings is 1. The Bertz CT molecular complexity index is 636. The van der Waals surface area contributed by atoms with E-state index >= 15 is 0 Å². The largest absolute Gasteiger partial charge is 0.351 e. The summed E-state index contributed by atoms with van der Waals surface area (Å²) in [6.45, 7) is 2.35. The number of carbonyl (C=O) groups is 1. The summed E-state index contributed by atoms with van der Waals surface area (Å²) in [6, 6.07) is 6.42. The van der Waals surface area contributed by atoms with E-state index in [9.17, 15) is 9.18 Å². The summed E-state index contributed by atoms with van der Waals surface area (Å²) < 4.78 is 15.2. The SMILES string of the molecule is CCCCSc1nnc(SCC(=O)NCc2ccccc2F)s1. The van der Waals surface area contributed by atoms with Crippen molar-refractivity contribution in [1.29, 1.82) is 0 Å². The van der Waals surface area contributed by atoms with Crippen LogP contribution in [0.4, 0.5) is 4.39 Å². The lowest BCUT2D eigenvalue weighted by atomic mass is 10.2. The van der Waals surface area contributed by atoms with Crippen molar-refractivity contribution >= 4 is 40.8 Å². The molecule has 1 aromatic heterocycles. The van der Waals surface area contributed by atoms with Gasteiger partial charge < -0.3 is 5.32 Å². The third-order valence-corrected chi connectivity index (χ3v) is 6.15. The molecule has 0 aliphatic rings. The number of hydrogen-bond acceptors (Lipinski definition) is 6. The molecule has 4 nitrogen and oxygen atoms in total. The Morgan fingerprint density at radius 3 is 2.74 bits per heavy atom. The van der Waals surface area contributed by atoms with Crippen LogP contribution in [0, 0.1) is 5.82 Å². The Hall–Kier alpha value is -1.12. The van der Waals surface area contributed by atoms with E-state index in [-0.39, 0.29) is 24.0 Å². The number of nitrogens with zero attached hydrogens (tertiary/aromatic N) is 2. The number of unbranched alkanes of at least 4 members (excludes halogenated alkanes) is 1. The molecule has 1 N–H and O–H groups in total. The maximum Gasteiger partial charge on any atom is 0.230 e. The first-order chi connectivity index (χ1) is 11.2. The van der Waals surface area contributed by atoms with Crippen molar-refractivity contribution in [3.05, 3.63) is 35.6 Å². The van der Waals surface area contributed by atoms with Crippen LogP contribution in [0.3, 0.4) is 0 Å². The number of carbonyl (C=O) groups excluding carboxylic acids is 1. The number of amides is 1. The summed E-state index contributed by atoms with van der Waals surface area (Å²) in [6.07, 6.45) is 2.32. The second-order valence-corrected chi connectivity index (χ2v) is 8.23. The molecule has 0 fully saturated rings. The normalized spacial score (nSPS) is 10.7.